The molecule has 0 saturated carbocycles. The number of benzene rings is 1. The summed E-state index contributed by atoms with van der Waals surface area (Å²) in [7, 11) is -3.30. The van der Waals surface area contributed by atoms with Crippen molar-refractivity contribution >= 4 is 21.9 Å². The minimum Gasteiger partial charge on any atom is -0.317 e. The van der Waals surface area contributed by atoms with Crippen LogP contribution in [0.5, 0.6) is 0 Å². The molecule has 1 aliphatic rings. The molecule has 8 nitrogen and oxygen atoms in total. The van der Waals surface area contributed by atoms with Gasteiger partial charge in [0.2, 0.25) is 0 Å². The van der Waals surface area contributed by atoms with Crippen molar-refractivity contribution in [1.82, 2.24) is 15.0 Å². The van der Waals surface area contributed by atoms with Gasteiger partial charge in [-0.3, -0.25) is 5.32 Å². The highest BCUT2D eigenvalue weighted by Crippen LogP contribution is 2.32. The molecule has 25 heavy (non-hydrogen) atoms. The molecule has 134 valence electrons. The minimum atomic E-state index is -3.30. The maximum Gasteiger partial charge on any atom is 0.329 e. The highest BCUT2D eigenvalue weighted by atomic mass is 32.2. The molecule has 1 aromatic carbocycles. The summed E-state index contributed by atoms with van der Waals surface area (Å²) >= 11 is 0. The fourth-order valence-electron chi connectivity index (χ4n) is 2.80. The second-order valence-electron chi connectivity index (χ2n) is 5.92. The molecule has 1 aliphatic heterocycles. The van der Waals surface area contributed by atoms with Crippen molar-refractivity contribution in [3.63, 3.8) is 0 Å². The molecule has 2 amide bonds. The average molecular weight is 368 g/mol. The number of anilines is 1. The summed E-state index contributed by atoms with van der Waals surface area (Å²) < 4.78 is 40.4. The monoisotopic (exact) mass is 368 g/mol. The highest BCUT2D eigenvalue weighted by Gasteiger charge is 2.30. The van der Waals surface area contributed by atoms with Crippen molar-refractivity contribution in [3.05, 3.63) is 41.5 Å². The van der Waals surface area contributed by atoms with E-state index in [0.29, 0.717) is 6.54 Å². The van der Waals surface area contributed by atoms with Crippen molar-refractivity contribution in [2.45, 2.75) is 24.6 Å². The number of amides is 2. The van der Waals surface area contributed by atoms with E-state index in [-0.39, 0.29) is 29.5 Å². The van der Waals surface area contributed by atoms with E-state index in [1.807, 2.05) is 0 Å². The number of hydrogen-bond acceptors (Lipinski definition) is 6. The lowest BCUT2D eigenvalue weighted by atomic mass is 10.0. The van der Waals surface area contributed by atoms with Crippen LogP contribution in [0.4, 0.5) is 15.2 Å². The molecule has 0 bridgehead atoms. The fourth-order valence-corrected chi connectivity index (χ4v) is 3.39. The number of likely N-dealkylation sites (tertiary alicyclic amines) is 1. The molecule has 10 heteroatoms. The predicted molar refractivity (Wildman–Crippen MR) is 86.9 cm³/mol. The number of carbonyl (C=O) groups is 1. The first-order valence-corrected chi connectivity index (χ1v) is 9.71. The standard InChI is InChI=1S/C15H17FN4O4S/c1-25(22,23)9-13-17-14(24-19-13)18-15(21)20-8-2-3-12(20)10-4-6-11(16)7-5-10/h4-7,12H,2-3,8-9H2,1H3,(H,17,18,19,21). The number of aromatic nitrogens is 2. The highest BCUT2D eigenvalue weighted by molar-refractivity contribution is 7.89. The van der Waals surface area contributed by atoms with Gasteiger partial charge in [0, 0.05) is 12.8 Å². The van der Waals surface area contributed by atoms with Gasteiger partial charge in [0.25, 0.3) is 0 Å². The quantitative estimate of drug-likeness (QED) is 0.886. The van der Waals surface area contributed by atoms with Gasteiger partial charge in [-0.05, 0) is 30.5 Å². The molecule has 1 aromatic heterocycles. The molecule has 1 N–H and O–H groups in total. The summed E-state index contributed by atoms with van der Waals surface area (Å²) in [5.41, 5.74) is 0.845. The summed E-state index contributed by atoms with van der Waals surface area (Å²) in [4.78, 5) is 17.9. The number of carbonyl (C=O) groups excluding carboxylic acids is 1. The first-order chi connectivity index (χ1) is 11.8. The number of rotatable bonds is 4. The molecule has 1 fully saturated rings. The molecule has 1 unspecified atom stereocenters. The van der Waals surface area contributed by atoms with E-state index in [1.165, 1.54) is 12.1 Å². The van der Waals surface area contributed by atoms with Gasteiger partial charge in [-0.1, -0.05) is 17.3 Å². The zero-order valence-electron chi connectivity index (χ0n) is 13.5. The molecule has 0 aliphatic carbocycles. The van der Waals surface area contributed by atoms with Gasteiger partial charge >= 0.3 is 12.0 Å². The van der Waals surface area contributed by atoms with Gasteiger partial charge in [-0.25, -0.2) is 17.6 Å². The molecular formula is C15H17FN4O4S. The number of halogens is 1. The van der Waals surface area contributed by atoms with Gasteiger partial charge in [-0.2, -0.15) is 4.98 Å². The van der Waals surface area contributed by atoms with Crippen LogP contribution in [-0.2, 0) is 15.6 Å². The van der Waals surface area contributed by atoms with Gasteiger partial charge in [0.1, 0.15) is 11.6 Å². The SMILES string of the molecule is CS(=O)(=O)Cc1noc(NC(=O)N2CCCC2c2ccc(F)cc2)n1. The number of nitrogens with zero attached hydrogens (tertiary/aromatic N) is 3. The first kappa shape index (κ1) is 17.3. The van der Waals surface area contributed by atoms with Gasteiger partial charge in [-0.15, -0.1) is 0 Å². The summed E-state index contributed by atoms with van der Waals surface area (Å²) in [6.07, 6.45) is 2.64. The second-order valence-corrected chi connectivity index (χ2v) is 8.06. The predicted octanol–water partition coefficient (Wildman–Crippen LogP) is 2.12. The van der Waals surface area contributed by atoms with Crippen LogP contribution in [0.25, 0.3) is 0 Å². The summed E-state index contributed by atoms with van der Waals surface area (Å²) in [6.45, 7) is 0.540. The van der Waals surface area contributed by atoms with E-state index in [9.17, 15) is 17.6 Å². The maximum absolute atomic E-state index is 13.1. The Hall–Kier alpha value is -2.49. The van der Waals surface area contributed by atoms with E-state index >= 15 is 0 Å². The Bertz CT molecular complexity index is 866. The molecule has 0 radical (unpaired) electrons. The van der Waals surface area contributed by atoms with E-state index in [2.05, 4.69) is 15.5 Å². The number of hydrogen-bond donors (Lipinski definition) is 1. The summed E-state index contributed by atoms with van der Waals surface area (Å²) in [6, 6.07) is 5.28. The largest absolute Gasteiger partial charge is 0.329 e. The van der Waals surface area contributed by atoms with Crippen LogP contribution in [0.1, 0.15) is 30.3 Å². The Labute approximate surface area is 143 Å². The Morgan fingerprint density at radius 1 is 1.40 bits per heavy atom. The van der Waals surface area contributed by atoms with Crippen molar-refractivity contribution in [3.8, 4) is 0 Å². The molecule has 0 spiro atoms. The lowest BCUT2D eigenvalue weighted by Gasteiger charge is -2.24. The van der Waals surface area contributed by atoms with Crippen molar-refractivity contribution in [2.24, 2.45) is 0 Å². The van der Waals surface area contributed by atoms with Crippen molar-refractivity contribution < 1.29 is 22.1 Å². The smallest absolute Gasteiger partial charge is 0.317 e. The van der Waals surface area contributed by atoms with Crippen molar-refractivity contribution in [1.29, 1.82) is 0 Å². The number of sulfone groups is 1. The summed E-state index contributed by atoms with van der Waals surface area (Å²) in [5.74, 6) is -0.717. The fraction of sp³-hybridized carbons (Fsp3) is 0.400. The lowest BCUT2D eigenvalue weighted by molar-refractivity contribution is 0.206. The van der Waals surface area contributed by atoms with Crippen LogP contribution >= 0.6 is 0 Å². The third kappa shape index (κ3) is 4.32. The lowest BCUT2D eigenvalue weighted by Crippen LogP contribution is -2.34. The van der Waals surface area contributed by atoms with Crippen LogP contribution < -0.4 is 5.32 Å². The minimum absolute atomic E-state index is 0.0192. The molecular weight excluding hydrogens is 351 g/mol. The second kappa shape index (κ2) is 6.79. The molecule has 3 rings (SSSR count). The Morgan fingerprint density at radius 2 is 2.12 bits per heavy atom. The molecule has 2 heterocycles. The molecule has 2 aromatic rings. The van der Waals surface area contributed by atoms with E-state index in [1.54, 1.807) is 17.0 Å². The van der Waals surface area contributed by atoms with Crippen molar-refractivity contribution in [2.75, 3.05) is 18.1 Å². The van der Waals surface area contributed by atoms with E-state index < -0.39 is 15.9 Å². The zero-order chi connectivity index (χ0) is 18.0. The van der Waals surface area contributed by atoms with Gasteiger partial charge in [0.15, 0.2) is 15.7 Å². The third-order valence-corrected chi connectivity index (χ3v) is 4.62. The maximum atomic E-state index is 13.1. The van der Waals surface area contributed by atoms with Crippen LogP contribution in [0.3, 0.4) is 0 Å². The van der Waals surface area contributed by atoms with E-state index in [4.69, 9.17) is 4.52 Å². The Morgan fingerprint density at radius 3 is 2.80 bits per heavy atom. The van der Waals surface area contributed by atoms with Crippen LogP contribution in [0.2, 0.25) is 0 Å². The molecule has 1 saturated heterocycles. The average Bonchev–Trinajstić information content (AvgIpc) is 3.16. The Kier molecular flexibility index (Phi) is 4.71. The normalized spacial score (nSPS) is 17.7. The summed E-state index contributed by atoms with van der Waals surface area (Å²) in [5, 5.41) is 6.01. The third-order valence-electron chi connectivity index (χ3n) is 3.84. The van der Waals surface area contributed by atoms with Crippen LogP contribution in [0.15, 0.2) is 28.8 Å². The first-order valence-electron chi connectivity index (χ1n) is 7.65. The van der Waals surface area contributed by atoms with Gasteiger partial charge < -0.3 is 9.42 Å². The zero-order valence-corrected chi connectivity index (χ0v) is 14.3. The van der Waals surface area contributed by atoms with E-state index in [0.717, 1.165) is 24.7 Å². The molecule has 1 atom stereocenters. The topological polar surface area (TPSA) is 105 Å². The van der Waals surface area contributed by atoms with Gasteiger partial charge in [0.05, 0.1) is 6.04 Å². The number of urea groups is 1. The Balaban J connectivity index is 1.69. The van der Waals surface area contributed by atoms with Crippen LogP contribution in [0, 0.1) is 5.82 Å². The van der Waals surface area contributed by atoms with Crippen LogP contribution in [-0.4, -0.2) is 42.3 Å². The number of nitrogens with one attached hydrogen (secondary N) is 1.